The smallest absolute Gasteiger partial charge is 0.303 e. The first-order valence-corrected chi connectivity index (χ1v) is 3.72. The van der Waals surface area contributed by atoms with Crippen LogP contribution >= 0.6 is 12.6 Å². The van der Waals surface area contributed by atoms with Crippen LogP contribution in [0.15, 0.2) is 0 Å². The molecule has 0 rings (SSSR count). The molecule has 2 N–H and O–H groups in total. The predicted molar refractivity (Wildman–Crippen MR) is 41.3 cm³/mol. The lowest BCUT2D eigenvalue weighted by atomic mass is 10.0. The highest BCUT2D eigenvalue weighted by molar-refractivity contribution is 7.80. The molecule has 0 aromatic rings. The largest absolute Gasteiger partial charge is 0.481 e. The van der Waals surface area contributed by atoms with Crippen LogP contribution in [-0.2, 0) is 4.79 Å². The number of aliphatic hydroxyl groups excluding tert-OH is 1. The van der Waals surface area contributed by atoms with E-state index in [1.54, 1.807) is 6.92 Å². The normalized spacial score (nSPS) is 16.3. The molecular weight excluding hydrogens is 152 g/mol. The Balaban J connectivity index is 3.61. The van der Waals surface area contributed by atoms with E-state index in [1.165, 1.54) is 0 Å². The molecule has 60 valence electrons. The number of aliphatic hydroxyl groups is 1. The summed E-state index contributed by atoms with van der Waals surface area (Å²) in [6, 6.07) is 0. The van der Waals surface area contributed by atoms with Crippen LogP contribution in [-0.4, -0.2) is 28.0 Å². The lowest BCUT2D eigenvalue weighted by Gasteiger charge is -2.13. The van der Waals surface area contributed by atoms with Crippen LogP contribution in [0.5, 0.6) is 0 Å². The molecule has 0 aromatic carbocycles. The van der Waals surface area contributed by atoms with Crippen molar-refractivity contribution in [3.63, 3.8) is 0 Å². The molecule has 10 heavy (non-hydrogen) atoms. The highest BCUT2D eigenvalue weighted by Gasteiger charge is 2.15. The van der Waals surface area contributed by atoms with Gasteiger partial charge in [0.25, 0.3) is 0 Å². The highest BCUT2D eigenvalue weighted by atomic mass is 32.1. The minimum Gasteiger partial charge on any atom is -0.481 e. The summed E-state index contributed by atoms with van der Waals surface area (Å²) in [5.41, 5.74) is 0. The van der Waals surface area contributed by atoms with Gasteiger partial charge in [0.1, 0.15) is 0 Å². The Morgan fingerprint density at radius 1 is 1.70 bits per heavy atom. The van der Waals surface area contributed by atoms with E-state index >= 15 is 0 Å². The Morgan fingerprint density at radius 2 is 2.20 bits per heavy atom. The van der Waals surface area contributed by atoms with Crippen molar-refractivity contribution in [1.29, 1.82) is 0 Å². The second-order valence-corrected chi connectivity index (χ2v) is 2.69. The van der Waals surface area contributed by atoms with Crippen LogP contribution < -0.4 is 0 Å². The SMILES string of the molecule is CC(CC(=O)O)C(O)CS. The minimum atomic E-state index is -0.881. The van der Waals surface area contributed by atoms with Crippen molar-refractivity contribution in [2.24, 2.45) is 5.92 Å². The number of aliphatic carboxylic acids is 1. The zero-order valence-corrected chi connectivity index (χ0v) is 6.71. The lowest BCUT2D eigenvalue weighted by Crippen LogP contribution is -2.21. The standard InChI is InChI=1S/C6H12O3S/c1-4(2-6(8)9)5(7)3-10/h4-5,7,10H,2-3H2,1H3,(H,8,9). The fourth-order valence-electron chi connectivity index (χ4n) is 0.591. The summed E-state index contributed by atoms with van der Waals surface area (Å²) in [4.78, 5) is 10.1. The second kappa shape index (κ2) is 4.57. The molecule has 0 aliphatic heterocycles. The third-order valence-corrected chi connectivity index (χ3v) is 1.71. The molecule has 0 amide bonds. The van der Waals surface area contributed by atoms with Gasteiger partial charge >= 0.3 is 5.97 Å². The quantitative estimate of drug-likeness (QED) is 0.527. The Hall–Kier alpha value is -0.220. The van der Waals surface area contributed by atoms with Gasteiger partial charge in [0.05, 0.1) is 12.5 Å². The van der Waals surface area contributed by atoms with Gasteiger partial charge in [-0.25, -0.2) is 0 Å². The van der Waals surface area contributed by atoms with E-state index in [4.69, 9.17) is 10.2 Å². The summed E-state index contributed by atoms with van der Waals surface area (Å²) in [5.74, 6) is -0.780. The Morgan fingerprint density at radius 3 is 2.50 bits per heavy atom. The molecular formula is C6H12O3S. The molecule has 0 heterocycles. The molecule has 0 aromatic heterocycles. The molecule has 3 nitrogen and oxygen atoms in total. The number of carboxylic acid groups (broad SMARTS) is 1. The van der Waals surface area contributed by atoms with Gasteiger partial charge in [-0.1, -0.05) is 6.92 Å². The maximum absolute atomic E-state index is 10.1. The zero-order valence-electron chi connectivity index (χ0n) is 5.82. The van der Waals surface area contributed by atoms with Crippen LogP contribution in [0.3, 0.4) is 0 Å². The molecule has 0 spiro atoms. The van der Waals surface area contributed by atoms with Gasteiger partial charge in [0, 0.05) is 5.75 Å². The van der Waals surface area contributed by atoms with E-state index in [1.807, 2.05) is 0 Å². The van der Waals surface area contributed by atoms with E-state index < -0.39 is 12.1 Å². The summed E-state index contributed by atoms with van der Waals surface area (Å²) < 4.78 is 0. The van der Waals surface area contributed by atoms with Crippen LogP contribution in [0.25, 0.3) is 0 Å². The molecule has 0 bridgehead atoms. The highest BCUT2D eigenvalue weighted by Crippen LogP contribution is 2.08. The van der Waals surface area contributed by atoms with Crippen LogP contribution in [0.4, 0.5) is 0 Å². The first-order chi connectivity index (χ1) is 4.57. The van der Waals surface area contributed by atoms with Crippen molar-refractivity contribution in [3.8, 4) is 0 Å². The maximum Gasteiger partial charge on any atom is 0.303 e. The molecule has 4 heteroatoms. The average molecular weight is 164 g/mol. The minimum absolute atomic E-state index is 0.00171. The summed E-state index contributed by atoms with van der Waals surface area (Å²) >= 11 is 3.83. The van der Waals surface area contributed by atoms with Crippen molar-refractivity contribution >= 4 is 18.6 Å². The van der Waals surface area contributed by atoms with Crippen molar-refractivity contribution in [1.82, 2.24) is 0 Å². The van der Waals surface area contributed by atoms with Gasteiger partial charge in [-0.3, -0.25) is 4.79 Å². The van der Waals surface area contributed by atoms with Crippen molar-refractivity contribution in [2.75, 3.05) is 5.75 Å². The van der Waals surface area contributed by atoms with E-state index in [2.05, 4.69) is 12.6 Å². The summed E-state index contributed by atoms with van der Waals surface area (Å²) in [6.07, 6.45) is -0.610. The average Bonchev–Trinajstić information content (AvgIpc) is 1.85. The van der Waals surface area contributed by atoms with Gasteiger partial charge in [-0.15, -0.1) is 0 Å². The van der Waals surface area contributed by atoms with Crippen molar-refractivity contribution in [3.05, 3.63) is 0 Å². The van der Waals surface area contributed by atoms with Crippen molar-refractivity contribution < 1.29 is 15.0 Å². The predicted octanol–water partition coefficient (Wildman–Crippen LogP) is 0.388. The Kier molecular flexibility index (Phi) is 4.47. The first-order valence-electron chi connectivity index (χ1n) is 3.08. The molecule has 2 unspecified atom stereocenters. The van der Waals surface area contributed by atoms with E-state index in [0.29, 0.717) is 5.75 Å². The van der Waals surface area contributed by atoms with Gasteiger partial charge < -0.3 is 10.2 Å². The number of carboxylic acids is 1. The molecule has 0 radical (unpaired) electrons. The second-order valence-electron chi connectivity index (χ2n) is 2.33. The molecule has 0 saturated heterocycles. The lowest BCUT2D eigenvalue weighted by molar-refractivity contribution is -0.138. The van der Waals surface area contributed by atoms with Gasteiger partial charge in [0.15, 0.2) is 0 Å². The van der Waals surface area contributed by atoms with Crippen LogP contribution in [0.1, 0.15) is 13.3 Å². The summed E-state index contributed by atoms with van der Waals surface area (Å²) in [6.45, 7) is 1.69. The number of rotatable bonds is 4. The van der Waals surface area contributed by atoms with Crippen LogP contribution in [0, 0.1) is 5.92 Å². The van der Waals surface area contributed by atoms with E-state index in [9.17, 15) is 4.79 Å². The molecule has 0 saturated carbocycles. The van der Waals surface area contributed by atoms with Crippen LogP contribution in [0.2, 0.25) is 0 Å². The number of hydrogen-bond donors (Lipinski definition) is 3. The molecule has 2 atom stereocenters. The summed E-state index contributed by atoms with van der Waals surface area (Å²) in [5, 5.41) is 17.3. The number of thiol groups is 1. The number of carbonyl (C=O) groups is 1. The van der Waals surface area contributed by atoms with Gasteiger partial charge in [0.2, 0.25) is 0 Å². The fourth-order valence-corrected chi connectivity index (χ4v) is 0.951. The Labute approximate surface area is 65.5 Å². The molecule has 0 fully saturated rings. The molecule has 0 aliphatic rings. The van der Waals surface area contributed by atoms with Gasteiger partial charge in [-0.2, -0.15) is 12.6 Å². The Bertz CT molecular complexity index is 116. The maximum atomic E-state index is 10.1. The molecule has 0 aliphatic carbocycles. The van der Waals surface area contributed by atoms with Gasteiger partial charge in [-0.05, 0) is 5.92 Å². The van der Waals surface area contributed by atoms with Crippen molar-refractivity contribution in [2.45, 2.75) is 19.4 Å². The third-order valence-electron chi connectivity index (χ3n) is 1.34. The number of hydrogen-bond acceptors (Lipinski definition) is 3. The summed E-state index contributed by atoms with van der Waals surface area (Å²) in [7, 11) is 0. The first kappa shape index (κ1) is 9.78. The topological polar surface area (TPSA) is 57.5 Å². The monoisotopic (exact) mass is 164 g/mol. The van der Waals surface area contributed by atoms with E-state index in [-0.39, 0.29) is 12.3 Å². The zero-order chi connectivity index (χ0) is 8.15. The van der Waals surface area contributed by atoms with E-state index in [0.717, 1.165) is 0 Å². The third kappa shape index (κ3) is 3.74. The fraction of sp³-hybridized carbons (Fsp3) is 0.833.